The average Bonchev–Trinajstić information content (AvgIpc) is 3.11. The fourth-order valence-electron chi connectivity index (χ4n) is 3.62. The zero-order chi connectivity index (χ0) is 15.6. The molecule has 3 aliphatic heterocycles. The van der Waals surface area contributed by atoms with E-state index in [9.17, 15) is 4.79 Å². The normalized spacial score (nSPS) is 27.0. The lowest BCUT2D eigenvalue weighted by molar-refractivity contribution is -0.146. The molecule has 1 aromatic carbocycles. The van der Waals surface area contributed by atoms with Gasteiger partial charge in [0.15, 0.2) is 11.5 Å². The smallest absolute Gasteiger partial charge is 0.253 e. The van der Waals surface area contributed by atoms with Crippen molar-refractivity contribution in [2.24, 2.45) is 0 Å². The first-order valence-corrected chi connectivity index (χ1v) is 8.36. The molecule has 4 rings (SSSR count). The quantitative estimate of drug-likeness (QED) is 0.885. The molecule has 2 atom stereocenters. The Hall–Kier alpha value is -1.79. The van der Waals surface area contributed by atoms with Gasteiger partial charge in [0.1, 0.15) is 19.3 Å². The molecule has 2 saturated heterocycles. The van der Waals surface area contributed by atoms with Crippen molar-refractivity contribution < 1.29 is 19.0 Å². The zero-order valence-corrected chi connectivity index (χ0v) is 13.1. The minimum atomic E-state index is -0.374. The number of benzene rings is 1. The van der Waals surface area contributed by atoms with Gasteiger partial charge in [-0.3, -0.25) is 4.79 Å². The lowest BCUT2D eigenvalue weighted by Crippen LogP contribution is -2.49. The van der Waals surface area contributed by atoms with Crippen LogP contribution < -0.4 is 14.8 Å². The number of fused-ring (bicyclic) bond motifs is 1. The van der Waals surface area contributed by atoms with E-state index in [4.69, 9.17) is 14.2 Å². The molecule has 124 valence electrons. The second-order valence-corrected chi connectivity index (χ2v) is 6.12. The highest BCUT2D eigenvalue weighted by atomic mass is 16.6. The number of nitrogens with zero attached hydrogens (tertiary/aromatic N) is 1. The van der Waals surface area contributed by atoms with Crippen LogP contribution in [0, 0.1) is 0 Å². The number of hydrogen-bond donors (Lipinski definition) is 1. The summed E-state index contributed by atoms with van der Waals surface area (Å²) in [6.07, 6.45) is 1.58. The van der Waals surface area contributed by atoms with E-state index in [0.29, 0.717) is 26.4 Å². The first kappa shape index (κ1) is 14.8. The Bertz CT molecular complexity index is 586. The summed E-state index contributed by atoms with van der Waals surface area (Å²) < 4.78 is 17.1. The molecule has 2 fully saturated rings. The zero-order valence-electron chi connectivity index (χ0n) is 13.1. The minimum absolute atomic E-state index is 0.0460. The van der Waals surface area contributed by atoms with Crippen LogP contribution >= 0.6 is 0 Å². The maximum Gasteiger partial charge on any atom is 0.253 e. The van der Waals surface area contributed by atoms with Gasteiger partial charge in [-0.25, -0.2) is 0 Å². The number of carbonyl (C=O) groups excluding carboxylic acids is 1. The maximum atomic E-state index is 12.8. The van der Waals surface area contributed by atoms with Gasteiger partial charge >= 0.3 is 0 Å². The number of carbonyl (C=O) groups is 1. The summed E-state index contributed by atoms with van der Waals surface area (Å²) in [6.45, 7) is 3.89. The Balaban J connectivity index is 1.59. The molecule has 6 heteroatoms. The first-order chi connectivity index (χ1) is 11.3. The summed E-state index contributed by atoms with van der Waals surface area (Å²) in [5.74, 6) is 1.66. The van der Waals surface area contributed by atoms with Crippen LogP contribution in [0.5, 0.6) is 11.5 Å². The SMILES string of the molecule is O=C(C1CNCCO1)N1CCCC1c1cccc2c1OCCO2. The molecular weight excluding hydrogens is 296 g/mol. The summed E-state index contributed by atoms with van der Waals surface area (Å²) in [6, 6.07) is 5.99. The molecule has 0 radical (unpaired) electrons. The van der Waals surface area contributed by atoms with Crippen molar-refractivity contribution in [1.29, 1.82) is 0 Å². The fraction of sp³-hybridized carbons (Fsp3) is 0.588. The van der Waals surface area contributed by atoms with Crippen molar-refractivity contribution in [3.05, 3.63) is 23.8 Å². The Morgan fingerprint density at radius 1 is 1.22 bits per heavy atom. The number of amides is 1. The first-order valence-electron chi connectivity index (χ1n) is 8.36. The number of hydrogen-bond acceptors (Lipinski definition) is 5. The molecule has 3 aliphatic rings. The summed E-state index contributed by atoms with van der Waals surface area (Å²) in [7, 11) is 0. The highest BCUT2D eigenvalue weighted by Crippen LogP contribution is 2.43. The van der Waals surface area contributed by atoms with Gasteiger partial charge in [-0.15, -0.1) is 0 Å². The van der Waals surface area contributed by atoms with E-state index in [-0.39, 0.29) is 18.1 Å². The van der Waals surface area contributed by atoms with Gasteiger partial charge in [0.05, 0.1) is 12.6 Å². The summed E-state index contributed by atoms with van der Waals surface area (Å²) >= 11 is 0. The van der Waals surface area contributed by atoms with Gasteiger partial charge in [-0.1, -0.05) is 12.1 Å². The third-order valence-corrected chi connectivity index (χ3v) is 4.69. The molecule has 0 saturated carbocycles. The predicted octanol–water partition coefficient (Wildman–Crippen LogP) is 1.11. The molecule has 0 aromatic heterocycles. The van der Waals surface area contributed by atoms with Gasteiger partial charge in [0.2, 0.25) is 0 Å². The Morgan fingerprint density at radius 3 is 3.00 bits per heavy atom. The number of para-hydroxylation sites is 1. The molecule has 0 bridgehead atoms. The molecule has 23 heavy (non-hydrogen) atoms. The summed E-state index contributed by atoms with van der Waals surface area (Å²) in [5, 5.41) is 3.23. The average molecular weight is 318 g/mol. The standard InChI is InChI=1S/C17H22N2O4/c20-17(15-11-18-6-8-21-15)19-7-2-4-13(19)12-3-1-5-14-16(12)23-10-9-22-14/h1,3,5,13,15,18H,2,4,6-11H2. The van der Waals surface area contributed by atoms with Crippen LogP contribution in [0.25, 0.3) is 0 Å². The van der Waals surface area contributed by atoms with Crippen molar-refractivity contribution in [3.63, 3.8) is 0 Å². The number of ether oxygens (including phenoxy) is 3. The van der Waals surface area contributed by atoms with E-state index in [1.165, 1.54) is 0 Å². The lowest BCUT2D eigenvalue weighted by atomic mass is 10.0. The van der Waals surface area contributed by atoms with Crippen LogP contribution in [0.2, 0.25) is 0 Å². The van der Waals surface area contributed by atoms with Crippen molar-refractivity contribution in [2.45, 2.75) is 25.0 Å². The van der Waals surface area contributed by atoms with Crippen LogP contribution in [0.4, 0.5) is 0 Å². The Labute approximate surface area is 135 Å². The van der Waals surface area contributed by atoms with E-state index in [2.05, 4.69) is 5.32 Å². The number of morpholine rings is 1. The number of rotatable bonds is 2. The lowest BCUT2D eigenvalue weighted by Gasteiger charge is -2.32. The molecule has 6 nitrogen and oxygen atoms in total. The molecule has 0 aliphatic carbocycles. The van der Waals surface area contributed by atoms with Gasteiger partial charge in [-0.2, -0.15) is 0 Å². The van der Waals surface area contributed by atoms with E-state index < -0.39 is 0 Å². The molecule has 3 heterocycles. The number of nitrogens with one attached hydrogen (secondary N) is 1. The largest absolute Gasteiger partial charge is 0.486 e. The van der Waals surface area contributed by atoms with Crippen LogP contribution in [0.15, 0.2) is 18.2 Å². The minimum Gasteiger partial charge on any atom is -0.486 e. The predicted molar refractivity (Wildman–Crippen MR) is 83.7 cm³/mol. The second-order valence-electron chi connectivity index (χ2n) is 6.12. The molecule has 2 unspecified atom stereocenters. The van der Waals surface area contributed by atoms with E-state index in [0.717, 1.165) is 43.0 Å². The van der Waals surface area contributed by atoms with Crippen molar-refractivity contribution >= 4 is 5.91 Å². The number of likely N-dealkylation sites (tertiary alicyclic amines) is 1. The van der Waals surface area contributed by atoms with Crippen molar-refractivity contribution in [1.82, 2.24) is 10.2 Å². The highest BCUT2D eigenvalue weighted by molar-refractivity contribution is 5.82. The fourth-order valence-corrected chi connectivity index (χ4v) is 3.62. The monoisotopic (exact) mass is 318 g/mol. The Morgan fingerprint density at radius 2 is 2.13 bits per heavy atom. The summed E-state index contributed by atoms with van der Waals surface area (Å²) in [5.41, 5.74) is 1.05. The molecule has 0 spiro atoms. The van der Waals surface area contributed by atoms with E-state index in [1.54, 1.807) is 0 Å². The topological polar surface area (TPSA) is 60.0 Å². The van der Waals surface area contributed by atoms with E-state index in [1.807, 2.05) is 23.1 Å². The molecule has 1 amide bonds. The van der Waals surface area contributed by atoms with Crippen LogP contribution in [0.1, 0.15) is 24.4 Å². The van der Waals surface area contributed by atoms with Gasteiger partial charge in [-0.05, 0) is 18.9 Å². The second kappa shape index (κ2) is 6.37. The Kier molecular flexibility index (Phi) is 4.10. The van der Waals surface area contributed by atoms with Crippen molar-refractivity contribution in [2.75, 3.05) is 39.5 Å². The highest BCUT2D eigenvalue weighted by Gasteiger charge is 2.37. The van der Waals surface area contributed by atoms with Gasteiger partial charge in [0, 0.05) is 25.2 Å². The van der Waals surface area contributed by atoms with E-state index >= 15 is 0 Å². The third kappa shape index (κ3) is 2.77. The van der Waals surface area contributed by atoms with Crippen LogP contribution in [-0.4, -0.2) is 56.4 Å². The van der Waals surface area contributed by atoms with Crippen LogP contribution in [-0.2, 0) is 9.53 Å². The molecule has 1 aromatic rings. The van der Waals surface area contributed by atoms with Crippen molar-refractivity contribution in [3.8, 4) is 11.5 Å². The van der Waals surface area contributed by atoms with Gasteiger partial charge < -0.3 is 24.4 Å². The van der Waals surface area contributed by atoms with Gasteiger partial charge in [0.25, 0.3) is 5.91 Å². The molecular formula is C17H22N2O4. The molecule has 1 N–H and O–H groups in total. The van der Waals surface area contributed by atoms with Crippen LogP contribution in [0.3, 0.4) is 0 Å². The maximum absolute atomic E-state index is 12.8. The summed E-state index contributed by atoms with van der Waals surface area (Å²) in [4.78, 5) is 14.8. The third-order valence-electron chi connectivity index (χ3n) is 4.69.